The Morgan fingerprint density at radius 1 is 0.771 bits per heavy atom. The second kappa shape index (κ2) is 16.5. The van der Waals surface area contributed by atoms with Crippen molar-refractivity contribution in [1.82, 2.24) is 9.97 Å². The lowest BCUT2D eigenvalue weighted by Crippen LogP contribution is -2.32. The van der Waals surface area contributed by atoms with E-state index >= 15 is 0 Å². The predicted octanol–water partition coefficient (Wildman–Crippen LogP) is 8.34. The molecule has 2 aromatic rings. The topological polar surface area (TPSA) is 44.2 Å². The van der Waals surface area contributed by atoms with E-state index in [0.717, 1.165) is 24.0 Å². The zero-order chi connectivity index (χ0) is 25.4. The SMILES string of the molecule is CCCCCCCCCCOc1cnc(-c2ccc(CCC(OCCCC)C(F)(F)F)cc2)nc1. The summed E-state index contributed by atoms with van der Waals surface area (Å²) in [6, 6.07) is 7.33. The van der Waals surface area contributed by atoms with Gasteiger partial charge in [0.05, 0.1) is 19.0 Å². The molecule has 1 atom stereocenters. The van der Waals surface area contributed by atoms with E-state index in [0.29, 0.717) is 31.0 Å². The Labute approximate surface area is 208 Å². The number of benzene rings is 1. The van der Waals surface area contributed by atoms with Gasteiger partial charge in [-0.15, -0.1) is 0 Å². The Kier molecular flexibility index (Phi) is 13.7. The summed E-state index contributed by atoms with van der Waals surface area (Å²) >= 11 is 0. The smallest absolute Gasteiger partial charge is 0.414 e. The fourth-order valence-corrected chi connectivity index (χ4v) is 3.80. The molecule has 0 aliphatic rings. The van der Waals surface area contributed by atoms with Crippen LogP contribution in [-0.2, 0) is 11.2 Å². The lowest BCUT2D eigenvalue weighted by atomic mass is 10.0. The van der Waals surface area contributed by atoms with Crippen LogP contribution in [0.2, 0.25) is 0 Å². The first-order valence-electron chi connectivity index (χ1n) is 13.2. The van der Waals surface area contributed by atoms with Gasteiger partial charge in [-0.3, -0.25) is 0 Å². The Hall–Kier alpha value is -2.15. The van der Waals surface area contributed by atoms with Gasteiger partial charge < -0.3 is 9.47 Å². The monoisotopic (exact) mass is 494 g/mol. The molecule has 7 heteroatoms. The number of rotatable bonds is 18. The van der Waals surface area contributed by atoms with Gasteiger partial charge in [-0.05, 0) is 31.2 Å². The van der Waals surface area contributed by atoms with Crippen molar-refractivity contribution >= 4 is 0 Å². The highest BCUT2D eigenvalue weighted by atomic mass is 19.4. The average Bonchev–Trinajstić information content (AvgIpc) is 2.85. The zero-order valence-corrected chi connectivity index (χ0v) is 21.3. The molecule has 0 bridgehead atoms. The van der Waals surface area contributed by atoms with Crippen LogP contribution in [0.1, 0.15) is 90.0 Å². The molecule has 2 rings (SSSR count). The molecule has 0 aliphatic heterocycles. The van der Waals surface area contributed by atoms with Crippen LogP contribution >= 0.6 is 0 Å². The van der Waals surface area contributed by atoms with Crippen LogP contribution in [0.3, 0.4) is 0 Å². The molecule has 0 spiro atoms. The molecule has 0 saturated heterocycles. The Balaban J connectivity index is 1.74. The summed E-state index contributed by atoms with van der Waals surface area (Å²) < 4.78 is 50.4. The quantitative estimate of drug-likeness (QED) is 0.195. The summed E-state index contributed by atoms with van der Waals surface area (Å²) in [6.07, 6.45) is 8.93. The van der Waals surface area contributed by atoms with Gasteiger partial charge in [0, 0.05) is 12.2 Å². The van der Waals surface area contributed by atoms with Crippen molar-refractivity contribution in [2.75, 3.05) is 13.2 Å². The van der Waals surface area contributed by atoms with Crippen molar-refractivity contribution < 1.29 is 22.6 Å². The van der Waals surface area contributed by atoms with Crippen LogP contribution in [0.5, 0.6) is 5.75 Å². The van der Waals surface area contributed by atoms with E-state index in [4.69, 9.17) is 9.47 Å². The van der Waals surface area contributed by atoms with E-state index in [1.54, 1.807) is 12.4 Å². The first kappa shape index (κ1) is 29.1. The maximum Gasteiger partial charge on any atom is 0.414 e. The van der Waals surface area contributed by atoms with Crippen molar-refractivity contribution in [2.45, 2.75) is 103 Å². The van der Waals surface area contributed by atoms with Crippen LogP contribution in [0, 0.1) is 0 Å². The summed E-state index contributed by atoms with van der Waals surface area (Å²) in [5, 5.41) is 0. The maximum atomic E-state index is 13.2. The summed E-state index contributed by atoms with van der Waals surface area (Å²) in [7, 11) is 0. The van der Waals surface area contributed by atoms with Gasteiger partial charge in [-0.25, -0.2) is 9.97 Å². The van der Waals surface area contributed by atoms with Crippen molar-refractivity contribution in [2.24, 2.45) is 0 Å². The predicted molar refractivity (Wildman–Crippen MR) is 135 cm³/mol. The van der Waals surface area contributed by atoms with Crippen molar-refractivity contribution in [1.29, 1.82) is 0 Å². The summed E-state index contributed by atoms with van der Waals surface area (Å²) in [5.41, 5.74) is 1.64. The van der Waals surface area contributed by atoms with Crippen molar-refractivity contribution in [3.8, 4) is 17.1 Å². The first-order chi connectivity index (χ1) is 16.9. The van der Waals surface area contributed by atoms with E-state index in [2.05, 4.69) is 16.9 Å². The van der Waals surface area contributed by atoms with Crippen molar-refractivity contribution in [3.63, 3.8) is 0 Å². The number of hydrogen-bond acceptors (Lipinski definition) is 4. The van der Waals surface area contributed by atoms with Crippen LogP contribution in [0.15, 0.2) is 36.7 Å². The molecule has 1 unspecified atom stereocenters. The van der Waals surface area contributed by atoms with Crippen LogP contribution in [0.4, 0.5) is 13.2 Å². The summed E-state index contributed by atoms with van der Waals surface area (Å²) in [5.74, 6) is 1.21. The van der Waals surface area contributed by atoms with Crippen LogP contribution < -0.4 is 4.74 Å². The minimum atomic E-state index is -4.35. The number of halogens is 3. The number of aromatic nitrogens is 2. The molecule has 196 valence electrons. The molecule has 1 heterocycles. The fourth-order valence-electron chi connectivity index (χ4n) is 3.80. The number of ether oxygens (including phenoxy) is 2. The number of alkyl halides is 3. The molecule has 0 fully saturated rings. The van der Waals surface area contributed by atoms with Gasteiger partial charge in [0.1, 0.15) is 0 Å². The number of unbranched alkanes of at least 4 members (excludes halogenated alkanes) is 8. The maximum absolute atomic E-state index is 13.2. The third-order valence-corrected chi connectivity index (χ3v) is 5.98. The Morgan fingerprint density at radius 3 is 1.97 bits per heavy atom. The lowest BCUT2D eigenvalue weighted by Gasteiger charge is -2.20. The highest BCUT2D eigenvalue weighted by Gasteiger charge is 2.40. The highest BCUT2D eigenvalue weighted by molar-refractivity contribution is 5.55. The summed E-state index contributed by atoms with van der Waals surface area (Å²) in [4.78, 5) is 8.76. The van der Waals surface area contributed by atoms with Gasteiger partial charge in [-0.1, -0.05) is 89.5 Å². The fraction of sp³-hybridized carbons (Fsp3) is 0.643. The number of nitrogens with zero attached hydrogens (tertiary/aromatic N) is 2. The van der Waals surface area contributed by atoms with Gasteiger partial charge in [0.25, 0.3) is 0 Å². The molecule has 1 aromatic carbocycles. The second-order valence-electron chi connectivity index (χ2n) is 9.06. The highest BCUT2D eigenvalue weighted by Crippen LogP contribution is 2.27. The number of aryl methyl sites for hydroxylation is 1. The third kappa shape index (κ3) is 11.9. The van der Waals surface area contributed by atoms with E-state index in [1.165, 1.54) is 44.9 Å². The molecular formula is C28H41F3N2O2. The molecule has 0 saturated carbocycles. The van der Waals surface area contributed by atoms with Gasteiger partial charge in [0.2, 0.25) is 0 Å². The van der Waals surface area contributed by atoms with Gasteiger partial charge in [-0.2, -0.15) is 13.2 Å². The molecule has 1 aromatic heterocycles. The summed E-state index contributed by atoms with van der Waals surface area (Å²) in [6.45, 7) is 4.95. The lowest BCUT2D eigenvalue weighted by molar-refractivity contribution is -0.222. The van der Waals surface area contributed by atoms with E-state index in [-0.39, 0.29) is 13.0 Å². The van der Waals surface area contributed by atoms with E-state index in [9.17, 15) is 13.2 Å². The molecule has 0 aliphatic carbocycles. The molecule has 35 heavy (non-hydrogen) atoms. The first-order valence-corrected chi connectivity index (χ1v) is 13.2. The largest absolute Gasteiger partial charge is 0.490 e. The Bertz CT molecular complexity index is 795. The van der Waals surface area contributed by atoms with Crippen LogP contribution in [-0.4, -0.2) is 35.5 Å². The minimum Gasteiger partial charge on any atom is -0.490 e. The zero-order valence-electron chi connectivity index (χ0n) is 21.3. The number of hydrogen-bond donors (Lipinski definition) is 0. The standard InChI is InChI=1S/C28H41F3N2O2/c1-3-5-7-8-9-10-11-12-20-34-25-21-32-27(33-22-25)24-16-13-23(14-17-24)15-18-26(28(29,30)31)35-19-6-4-2/h13-14,16-17,21-22,26H,3-12,15,18-20H2,1-2H3. The molecule has 4 nitrogen and oxygen atoms in total. The minimum absolute atomic E-state index is 0.0893. The Morgan fingerprint density at radius 2 is 1.37 bits per heavy atom. The van der Waals surface area contributed by atoms with Crippen LogP contribution in [0.25, 0.3) is 11.4 Å². The van der Waals surface area contributed by atoms with E-state index in [1.807, 2.05) is 31.2 Å². The normalized spacial score (nSPS) is 12.6. The van der Waals surface area contributed by atoms with Gasteiger partial charge in [0.15, 0.2) is 17.7 Å². The average molecular weight is 495 g/mol. The van der Waals surface area contributed by atoms with Gasteiger partial charge >= 0.3 is 6.18 Å². The molecular weight excluding hydrogens is 453 g/mol. The second-order valence-corrected chi connectivity index (χ2v) is 9.06. The van der Waals surface area contributed by atoms with E-state index < -0.39 is 12.3 Å². The third-order valence-electron chi connectivity index (χ3n) is 5.98. The molecule has 0 amide bonds. The molecule has 0 N–H and O–H groups in total. The van der Waals surface area contributed by atoms with Crippen molar-refractivity contribution in [3.05, 3.63) is 42.2 Å². The molecule has 0 radical (unpaired) electrons.